The summed E-state index contributed by atoms with van der Waals surface area (Å²) in [5.41, 5.74) is 0. The Balaban J connectivity index is 2.43. The SMILES string of the molecule is CS(=O)(=O)NCCNc1nc(Cl)nc(Cl)n1. The van der Waals surface area contributed by atoms with Crippen molar-refractivity contribution in [2.75, 3.05) is 24.7 Å². The van der Waals surface area contributed by atoms with E-state index in [9.17, 15) is 8.42 Å². The summed E-state index contributed by atoms with van der Waals surface area (Å²) < 4.78 is 23.8. The van der Waals surface area contributed by atoms with Gasteiger partial charge in [0.1, 0.15) is 0 Å². The topological polar surface area (TPSA) is 96.9 Å². The van der Waals surface area contributed by atoms with E-state index in [0.717, 1.165) is 6.26 Å². The van der Waals surface area contributed by atoms with Crippen LogP contribution in [0.1, 0.15) is 0 Å². The van der Waals surface area contributed by atoms with Gasteiger partial charge in [-0.3, -0.25) is 0 Å². The van der Waals surface area contributed by atoms with Crippen LogP contribution >= 0.6 is 23.2 Å². The van der Waals surface area contributed by atoms with E-state index in [2.05, 4.69) is 25.0 Å². The predicted octanol–water partition coefficient (Wildman–Crippen LogP) is 0.139. The second-order valence-electron chi connectivity index (χ2n) is 2.79. The van der Waals surface area contributed by atoms with E-state index >= 15 is 0 Å². The number of halogens is 2. The monoisotopic (exact) mass is 285 g/mol. The molecule has 0 atom stereocenters. The van der Waals surface area contributed by atoms with Crippen molar-refractivity contribution in [2.45, 2.75) is 0 Å². The van der Waals surface area contributed by atoms with E-state index in [1.54, 1.807) is 0 Å². The van der Waals surface area contributed by atoms with Crippen LogP contribution in [-0.4, -0.2) is 42.7 Å². The first-order valence-electron chi connectivity index (χ1n) is 4.12. The summed E-state index contributed by atoms with van der Waals surface area (Å²) in [4.78, 5) is 11.0. The van der Waals surface area contributed by atoms with Crippen LogP contribution < -0.4 is 10.0 Å². The molecule has 0 saturated heterocycles. The molecule has 16 heavy (non-hydrogen) atoms. The minimum Gasteiger partial charge on any atom is -0.353 e. The lowest BCUT2D eigenvalue weighted by molar-refractivity contribution is 0.589. The molecule has 1 heterocycles. The zero-order valence-electron chi connectivity index (χ0n) is 8.24. The highest BCUT2D eigenvalue weighted by Gasteiger charge is 2.03. The summed E-state index contributed by atoms with van der Waals surface area (Å²) in [6.07, 6.45) is 1.07. The minimum atomic E-state index is -3.19. The predicted molar refractivity (Wildman–Crippen MR) is 61.2 cm³/mol. The lowest BCUT2D eigenvalue weighted by Gasteiger charge is -2.05. The normalized spacial score (nSPS) is 11.4. The van der Waals surface area contributed by atoms with Gasteiger partial charge in [0.15, 0.2) is 0 Å². The molecule has 0 saturated carbocycles. The van der Waals surface area contributed by atoms with E-state index < -0.39 is 10.0 Å². The second-order valence-corrected chi connectivity index (χ2v) is 5.30. The van der Waals surface area contributed by atoms with Gasteiger partial charge in [0.2, 0.25) is 26.5 Å². The molecule has 0 unspecified atom stereocenters. The maximum atomic E-state index is 10.7. The van der Waals surface area contributed by atoms with Crippen LogP contribution in [0.3, 0.4) is 0 Å². The van der Waals surface area contributed by atoms with E-state index in [0.29, 0.717) is 6.54 Å². The Hall–Kier alpha value is -0.700. The van der Waals surface area contributed by atoms with Crippen molar-refractivity contribution in [3.8, 4) is 0 Å². The maximum Gasteiger partial charge on any atom is 0.228 e. The standard InChI is InChI=1S/C6H9Cl2N5O2S/c1-16(14,15)10-3-2-9-6-12-4(7)11-5(8)13-6/h10H,2-3H2,1H3,(H,9,11,12,13). The summed E-state index contributed by atoms with van der Waals surface area (Å²) >= 11 is 11.1. The highest BCUT2D eigenvalue weighted by atomic mass is 35.5. The van der Waals surface area contributed by atoms with Crippen molar-refractivity contribution in [3.05, 3.63) is 10.6 Å². The molecular weight excluding hydrogens is 277 g/mol. The Morgan fingerprint density at radius 2 is 1.69 bits per heavy atom. The molecule has 7 nitrogen and oxygen atoms in total. The smallest absolute Gasteiger partial charge is 0.228 e. The van der Waals surface area contributed by atoms with Crippen LogP contribution in [0, 0.1) is 0 Å². The molecule has 0 aliphatic rings. The molecule has 0 radical (unpaired) electrons. The Labute approximate surface area is 103 Å². The van der Waals surface area contributed by atoms with Crippen LogP contribution in [0.15, 0.2) is 0 Å². The van der Waals surface area contributed by atoms with Gasteiger partial charge < -0.3 is 5.32 Å². The van der Waals surface area contributed by atoms with Crippen LogP contribution in [0.5, 0.6) is 0 Å². The van der Waals surface area contributed by atoms with E-state index in [-0.39, 0.29) is 23.1 Å². The van der Waals surface area contributed by atoms with Crippen molar-refractivity contribution in [3.63, 3.8) is 0 Å². The molecule has 0 aliphatic heterocycles. The van der Waals surface area contributed by atoms with Gasteiger partial charge in [0, 0.05) is 13.1 Å². The van der Waals surface area contributed by atoms with Gasteiger partial charge in [-0.2, -0.15) is 15.0 Å². The Morgan fingerprint density at radius 3 is 2.19 bits per heavy atom. The molecule has 2 N–H and O–H groups in total. The molecular formula is C6H9Cl2N5O2S. The number of rotatable bonds is 5. The highest BCUT2D eigenvalue weighted by molar-refractivity contribution is 7.88. The number of aromatic nitrogens is 3. The molecule has 90 valence electrons. The minimum absolute atomic E-state index is 0.0291. The third-order valence-corrected chi connectivity index (χ3v) is 2.42. The third kappa shape index (κ3) is 5.40. The van der Waals surface area contributed by atoms with Gasteiger partial charge in [-0.05, 0) is 23.2 Å². The average Bonchev–Trinajstić information content (AvgIpc) is 2.09. The first kappa shape index (κ1) is 13.4. The fraction of sp³-hybridized carbons (Fsp3) is 0.500. The Kier molecular flexibility index (Phi) is 4.66. The largest absolute Gasteiger partial charge is 0.353 e. The quantitative estimate of drug-likeness (QED) is 0.747. The summed E-state index contributed by atoms with van der Waals surface area (Å²) in [6.45, 7) is 0.517. The number of anilines is 1. The van der Waals surface area contributed by atoms with Gasteiger partial charge in [-0.15, -0.1) is 0 Å². The first-order valence-corrected chi connectivity index (χ1v) is 6.77. The summed E-state index contributed by atoms with van der Waals surface area (Å²) in [5, 5.41) is 2.68. The fourth-order valence-electron chi connectivity index (χ4n) is 0.816. The lowest BCUT2D eigenvalue weighted by atomic mass is 10.6. The van der Waals surface area contributed by atoms with Crippen LogP contribution in [-0.2, 0) is 10.0 Å². The van der Waals surface area contributed by atoms with Crippen molar-refractivity contribution >= 4 is 39.2 Å². The first-order chi connectivity index (χ1) is 7.37. The molecule has 0 bridgehead atoms. The van der Waals surface area contributed by atoms with Gasteiger partial charge in [-0.25, -0.2) is 13.1 Å². The number of hydrogen-bond donors (Lipinski definition) is 2. The van der Waals surface area contributed by atoms with Crippen LogP contribution in [0.25, 0.3) is 0 Å². The van der Waals surface area contributed by atoms with Gasteiger partial charge in [0.25, 0.3) is 0 Å². The Bertz CT molecular complexity index is 446. The highest BCUT2D eigenvalue weighted by Crippen LogP contribution is 2.08. The molecule has 1 rings (SSSR count). The average molecular weight is 286 g/mol. The van der Waals surface area contributed by atoms with Gasteiger partial charge in [-0.1, -0.05) is 0 Å². The summed E-state index contributed by atoms with van der Waals surface area (Å²) in [6, 6.07) is 0. The summed E-state index contributed by atoms with van der Waals surface area (Å²) in [7, 11) is -3.19. The molecule has 0 amide bonds. The van der Waals surface area contributed by atoms with Gasteiger partial charge in [0.05, 0.1) is 6.26 Å². The van der Waals surface area contributed by atoms with Crippen LogP contribution in [0.4, 0.5) is 5.95 Å². The van der Waals surface area contributed by atoms with Crippen molar-refractivity contribution < 1.29 is 8.42 Å². The number of nitrogens with zero attached hydrogens (tertiary/aromatic N) is 3. The molecule has 1 aromatic rings. The second kappa shape index (κ2) is 5.58. The number of sulfonamides is 1. The van der Waals surface area contributed by atoms with E-state index in [1.807, 2.05) is 0 Å². The molecule has 0 aliphatic carbocycles. The third-order valence-electron chi connectivity index (χ3n) is 1.35. The van der Waals surface area contributed by atoms with Crippen molar-refractivity contribution in [1.82, 2.24) is 19.7 Å². The van der Waals surface area contributed by atoms with E-state index in [4.69, 9.17) is 23.2 Å². The van der Waals surface area contributed by atoms with Crippen LogP contribution in [0.2, 0.25) is 10.6 Å². The zero-order chi connectivity index (χ0) is 12.2. The molecule has 0 fully saturated rings. The molecule has 0 aromatic carbocycles. The van der Waals surface area contributed by atoms with Crippen molar-refractivity contribution in [1.29, 1.82) is 0 Å². The molecule has 1 aromatic heterocycles. The maximum absolute atomic E-state index is 10.7. The molecule has 0 spiro atoms. The van der Waals surface area contributed by atoms with Crippen molar-refractivity contribution in [2.24, 2.45) is 0 Å². The number of hydrogen-bond acceptors (Lipinski definition) is 6. The lowest BCUT2D eigenvalue weighted by Crippen LogP contribution is -2.28. The molecule has 10 heteroatoms. The number of nitrogens with one attached hydrogen (secondary N) is 2. The zero-order valence-corrected chi connectivity index (χ0v) is 10.6. The fourth-order valence-corrected chi connectivity index (χ4v) is 1.65. The summed E-state index contributed by atoms with van der Waals surface area (Å²) in [5.74, 6) is 0.195. The Morgan fingerprint density at radius 1 is 1.12 bits per heavy atom. The van der Waals surface area contributed by atoms with Gasteiger partial charge >= 0.3 is 0 Å². The van der Waals surface area contributed by atoms with E-state index in [1.165, 1.54) is 0 Å².